The summed E-state index contributed by atoms with van der Waals surface area (Å²) in [6.07, 6.45) is 4.49. The fourth-order valence-electron chi connectivity index (χ4n) is 2.72. The van der Waals surface area contributed by atoms with Crippen LogP contribution in [-0.2, 0) is 25.3 Å². The van der Waals surface area contributed by atoms with E-state index in [1.54, 1.807) is 24.5 Å². The second-order valence-electron chi connectivity index (χ2n) is 5.65. The van der Waals surface area contributed by atoms with E-state index in [1.807, 2.05) is 12.1 Å². The van der Waals surface area contributed by atoms with E-state index in [0.717, 1.165) is 5.56 Å². The smallest absolute Gasteiger partial charge is 0.240 e. The van der Waals surface area contributed by atoms with E-state index in [0.29, 0.717) is 31.1 Å². The molecule has 0 bridgehead atoms. The fraction of sp³-hybridized carbons (Fsp3) is 0.353. The molecule has 1 aliphatic heterocycles. The fourth-order valence-corrected chi connectivity index (χ4v) is 3.92. The highest BCUT2D eigenvalue weighted by molar-refractivity contribution is 7.89. The molecule has 1 fully saturated rings. The van der Waals surface area contributed by atoms with Crippen LogP contribution >= 0.6 is 11.6 Å². The van der Waals surface area contributed by atoms with Gasteiger partial charge in [-0.05, 0) is 36.8 Å². The highest BCUT2D eigenvalue weighted by atomic mass is 35.5. The number of nitrogens with zero attached hydrogens (tertiary/aromatic N) is 1. The molecule has 1 N–H and O–H groups in total. The summed E-state index contributed by atoms with van der Waals surface area (Å²) in [7, 11) is -3.56. The Morgan fingerprint density at radius 2 is 1.88 bits per heavy atom. The minimum absolute atomic E-state index is 0.187. The quantitative estimate of drug-likeness (QED) is 0.745. The van der Waals surface area contributed by atoms with Gasteiger partial charge in [0.25, 0.3) is 0 Å². The zero-order valence-corrected chi connectivity index (χ0v) is 15.1. The topological polar surface area (TPSA) is 77.5 Å². The molecule has 25 heavy (non-hydrogen) atoms. The molecule has 2 heterocycles. The maximum absolute atomic E-state index is 12.3. The van der Waals surface area contributed by atoms with Crippen molar-refractivity contribution >= 4 is 21.6 Å². The molecule has 0 unspecified atom stereocenters. The summed E-state index contributed by atoms with van der Waals surface area (Å²) in [5, 5.41) is 0.493. The van der Waals surface area contributed by atoms with Crippen LogP contribution in [0.2, 0.25) is 5.02 Å². The molecule has 0 amide bonds. The van der Waals surface area contributed by atoms with Crippen LogP contribution in [-0.4, -0.2) is 33.2 Å². The summed E-state index contributed by atoms with van der Waals surface area (Å²) in [4.78, 5) is 4.29. The van der Waals surface area contributed by atoms with E-state index in [-0.39, 0.29) is 11.4 Å². The van der Waals surface area contributed by atoms with Gasteiger partial charge >= 0.3 is 0 Å². The molecule has 6 nitrogen and oxygen atoms in total. The minimum Gasteiger partial charge on any atom is -0.343 e. The summed E-state index contributed by atoms with van der Waals surface area (Å²) in [5.74, 6) is -0.847. The largest absolute Gasteiger partial charge is 0.343 e. The summed E-state index contributed by atoms with van der Waals surface area (Å²) >= 11 is 5.79. The molecular weight excluding hydrogens is 364 g/mol. The molecule has 134 valence electrons. The van der Waals surface area contributed by atoms with Crippen LogP contribution in [0.25, 0.3) is 0 Å². The van der Waals surface area contributed by atoms with E-state index in [9.17, 15) is 8.42 Å². The maximum atomic E-state index is 12.3. The molecule has 2 aromatic rings. The predicted molar refractivity (Wildman–Crippen MR) is 93.7 cm³/mol. The van der Waals surface area contributed by atoms with Crippen molar-refractivity contribution in [3.63, 3.8) is 0 Å². The number of ether oxygens (including phenoxy) is 2. The lowest BCUT2D eigenvalue weighted by Gasteiger charge is -2.27. The Labute approximate surface area is 152 Å². The van der Waals surface area contributed by atoms with Crippen molar-refractivity contribution in [3.05, 3.63) is 59.4 Å². The lowest BCUT2D eigenvalue weighted by atomic mass is 10.0. The Hall–Kier alpha value is -1.51. The van der Waals surface area contributed by atoms with E-state index in [1.165, 1.54) is 12.1 Å². The Balaban J connectivity index is 1.59. The van der Waals surface area contributed by atoms with Gasteiger partial charge in [0.15, 0.2) is 5.79 Å². The van der Waals surface area contributed by atoms with E-state index >= 15 is 0 Å². The molecule has 0 spiro atoms. The molecular formula is C17H19ClN2O4S. The van der Waals surface area contributed by atoms with Crippen LogP contribution < -0.4 is 4.72 Å². The number of nitrogens with one attached hydrogen (secondary N) is 1. The second-order valence-corrected chi connectivity index (χ2v) is 7.85. The number of sulfonamides is 1. The van der Waals surface area contributed by atoms with E-state index in [4.69, 9.17) is 21.1 Å². The SMILES string of the molecule is O=S(=O)(NCCCC1(c2cccnc2)OCCO1)c1ccc(Cl)cc1. The molecule has 8 heteroatoms. The minimum atomic E-state index is -3.56. The van der Waals surface area contributed by atoms with Gasteiger partial charge in [-0.25, -0.2) is 13.1 Å². The molecule has 1 aromatic heterocycles. The van der Waals surface area contributed by atoms with Crippen molar-refractivity contribution < 1.29 is 17.9 Å². The third-order valence-corrected chi connectivity index (χ3v) is 5.68. The molecule has 1 aromatic carbocycles. The Morgan fingerprint density at radius 3 is 2.52 bits per heavy atom. The lowest BCUT2D eigenvalue weighted by Crippen LogP contribution is -2.30. The van der Waals surface area contributed by atoms with Gasteiger partial charge in [-0.3, -0.25) is 4.98 Å². The van der Waals surface area contributed by atoms with Crippen molar-refractivity contribution in [2.45, 2.75) is 23.5 Å². The van der Waals surface area contributed by atoms with Crippen molar-refractivity contribution in [3.8, 4) is 0 Å². The normalized spacial score (nSPS) is 16.8. The van der Waals surface area contributed by atoms with Crippen LogP contribution in [0.3, 0.4) is 0 Å². The number of halogens is 1. The van der Waals surface area contributed by atoms with Gasteiger partial charge in [0.1, 0.15) is 0 Å². The number of rotatable bonds is 7. The molecule has 0 aliphatic carbocycles. The van der Waals surface area contributed by atoms with E-state index < -0.39 is 15.8 Å². The average molecular weight is 383 g/mol. The monoisotopic (exact) mass is 382 g/mol. The van der Waals surface area contributed by atoms with Crippen LogP contribution in [0.4, 0.5) is 0 Å². The number of aromatic nitrogens is 1. The summed E-state index contributed by atoms with van der Waals surface area (Å²) < 4.78 is 38.7. The molecule has 1 aliphatic rings. The summed E-state index contributed by atoms with van der Waals surface area (Å²) in [6, 6.07) is 9.78. The van der Waals surface area contributed by atoms with Gasteiger partial charge < -0.3 is 9.47 Å². The zero-order chi connectivity index (χ0) is 17.8. The molecule has 1 saturated heterocycles. The van der Waals surface area contributed by atoms with Crippen LogP contribution in [0.1, 0.15) is 18.4 Å². The maximum Gasteiger partial charge on any atom is 0.240 e. The van der Waals surface area contributed by atoms with Crippen LogP contribution in [0.15, 0.2) is 53.7 Å². The predicted octanol–water partition coefficient (Wildman–Crippen LogP) is 2.69. The van der Waals surface area contributed by atoms with E-state index in [2.05, 4.69) is 9.71 Å². The van der Waals surface area contributed by atoms with Crippen LogP contribution in [0, 0.1) is 0 Å². The Morgan fingerprint density at radius 1 is 1.16 bits per heavy atom. The number of pyridine rings is 1. The van der Waals surface area contributed by atoms with Crippen molar-refractivity contribution in [2.24, 2.45) is 0 Å². The molecule has 0 atom stereocenters. The second kappa shape index (κ2) is 7.80. The number of hydrogen-bond donors (Lipinski definition) is 1. The first-order valence-corrected chi connectivity index (χ1v) is 9.82. The number of hydrogen-bond acceptors (Lipinski definition) is 5. The van der Waals surface area contributed by atoms with Crippen molar-refractivity contribution in [2.75, 3.05) is 19.8 Å². The highest BCUT2D eigenvalue weighted by Crippen LogP contribution is 2.35. The Bertz CT molecular complexity index is 791. The van der Waals surface area contributed by atoms with Crippen molar-refractivity contribution in [1.29, 1.82) is 0 Å². The average Bonchev–Trinajstić information content (AvgIpc) is 3.10. The summed E-state index contributed by atoms with van der Waals surface area (Å²) in [5.41, 5.74) is 0.841. The van der Waals surface area contributed by atoms with Gasteiger partial charge in [0.2, 0.25) is 10.0 Å². The van der Waals surface area contributed by atoms with Crippen LogP contribution in [0.5, 0.6) is 0 Å². The van der Waals surface area contributed by atoms with Gasteiger partial charge in [-0.1, -0.05) is 17.7 Å². The van der Waals surface area contributed by atoms with Gasteiger partial charge in [-0.15, -0.1) is 0 Å². The number of benzene rings is 1. The van der Waals surface area contributed by atoms with Gasteiger partial charge in [0, 0.05) is 35.9 Å². The molecule has 3 rings (SSSR count). The highest BCUT2D eigenvalue weighted by Gasteiger charge is 2.38. The third kappa shape index (κ3) is 4.37. The summed E-state index contributed by atoms with van der Waals surface area (Å²) in [6.45, 7) is 1.29. The standard InChI is InChI=1S/C17H19ClN2O4S/c18-15-4-6-16(7-5-15)25(21,22)20-10-2-8-17(23-11-12-24-17)14-3-1-9-19-13-14/h1,3-7,9,13,20H,2,8,10-12H2. The first kappa shape index (κ1) is 18.3. The zero-order valence-electron chi connectivity index (χ0n) is 13.5. The lowest BCUT2D eigenvalue weighted by molar-refractivity contribution is -0.171. The first-order chi connectivity index (χ1) is 12.0. The molecule has 0 saturated carbocycles. The van der Waals surface area contributed by atoms with Gasteiger partial charge in [0.05, 0.1) is 18.1 Å². The Kier molecular flexibility index (Phi) is 5.71. The van der Waals surface area contributed by atoms with Crippen molar-refractivity contribution in [1.82, 2.24) is 9.71 Å². The third-order valence-electron chi connectivity index (χ3n) is 3.95. The van der Waals surface area contributed by atoms with Gasteiger partial charge in [-0.2, -0.15) is 0 Å². The molecule has 0 radical (unpaired) electrons. The first-order valence-electron chi connectivity index (χ1n) is 7.96.